The number of fused-ring (bicyclic) bond motifs is 1. The minimum atomic E-state index is -3.98. The summed E-state index contributed by atoms with van der Waals surface area (Å²) in [6.45, 7) is -7.43. The molecule has 2 aromatic rings. The topological polar surface area (TPSA) is 65.2 Å². The Bertz CT molecular complexity index is 1060. The maximum absolute atomic E-state index is 12.0. The Labute approximate surface area is 135 Å². The number of hydrogen-bond donors (Lipinski definition) is 2. The Kier molecular flexibility index (Phi) is 1.84. The predicted molar refractivity (Wildman–Crippen MR) is 82.2 cm³/mol. The molecule has 1 aromatic carbocycles. The highest BCUT2D eigenvalue weighted by Crippen LogP contribution is 2.21. The van der Waals surface area contributed by atoms with Gasteiger partial charge < -0.3 is 9.88 Å². The van der Waals surface area contributed by atoms with Crippen LogP contribution in [-0.4, -0.2) is 45.8 Å². The van der Waals surface area contributed by atoms with E-state index in [1.807, 2.05) is 0 Å². The molecule has 0 saturated heterocycles. The fourth-order valence-corrected chi connectivity index (χ4v) is 2.44. The predicted octanol–water partition coefficient (Wildman–Crippen LogP) is 1.32. The molecule has 6 heteroatoms. The molecule has 0 atom stereocenters. The van der Waals surface area contributed by atoms with E-state index in [0.717, 1.165) is 7.05 Å². The van der Waals surface area contributed by atoms with Crippen LogP contribution in [0.5, 0.6) is 0 Å². The Morgan fingerprint density at radius 1 is 1.60 bits per heavy atom. The summed E-state index contributed by atoms with van der Waals surface area (Å²) in [5.74, 6) is -0.599. The third kappa shape index (κ3) is 3.59. The Morgan fingerprint density at radius 3 is 3.10 bits per heavy atom. The molecule has 0 spiro atoms. The Balaban J connectivity index is 2.65. The van der Waals surface area contributed by atoms with E-state index >= 15 is 0 Å². The van der Waals surface area contributed by atoms with Gasteiger partial charge in [0.1, 0.15) is 1.41 Å². The zero-order valence-electron chi connectivity index (χ0n) is 21.7. The molecule has 0 aliphatic rings. The SMILES string of the molecule is [2H]c1c(C([2H])([2H])CN(C([2H])([2H])[2H])C([2H])([2H])[2H])c2cc(CS(=O)(=O)N([2H])C)ccc2n1[2H]. The highest BCUT2D eigenvalue weighted by Gasteiger charge is 2.11. The summed E-state index contributed by atoms with van der Waals surface area (Å²) in [4.78, 5) is 0.613. The summed E-state index contributed by atoms with van der Waals surface area (Å²) in [5, 5.41) is -0.0265. The molecule has 0 amide bonds. The second kappa shape index (κ2) is 5.95. The van der Waals surface area contributed by atoms with Gasteiger partial charge in [-0.05, 0) is 50.6 Å². The van der Waals surface area contributed by atoms with Gasteiger partial charge in [0, 0.05) is 34.6 Å². The van der Waals surface area contributed by atoms with E-state index in [-0.39, 0.29) is 26.1 Å². The molecule has 0 radical (unpaired) electrons. The number of hydrogen-bond acceptors (Lipinski definition) is 3. The van der Waals surface area contributed by atoms with Crippen LogP contribution in [0, 0.1) is 0 Å². The summed E-state index contributed by atoms with van der Waals surface area (Å²) in [6.07, 6.45) is -3.32. The van der Waals surface area contributed by atoms with Crippen molar-refractivity contribution in [3.05, 3.63) is 35.5 Å². The lowest BCUT2D eigenvalue weighted by molar-refractivity contribution is 0.414. The molecular weight excluding hydrogens is 274 g/mol. The molecule has 0 aliphatic carbocycles. The molecule has 5 nitrogen and oxygen atoms in total. The van der Waals surface area contributed by atoms with Crippen molar-refractivity contribution >= 4 is 20.9 Å². The molecule has 1 heterocycles. The lowest BCUT2D eigenvalue weighted by Crippen LogP contribution is -2.20. The molecule has 1 aromatic heterocycles. The van der Waals surface area contributed by atoms with Crippen LogP contribution < -0.4 is 4.72 Å². The van der Waals surface area contributed by atoms with Crippen molar-refractivity contribution in [1.82, 2.24) is 14.6 Å². The fourth-order valence-electron chi connectivity index (χ4n) is 1.72. The van der Waals surface area contributed by atoms with Crippen LogP contribution in [0.4, 0.5) is 0 Å². The number of aromatic nitrogens is 1. The van der Waals surface area contributed by atoms with Crippen LogP contribution >= 0.6 is 0 Å². The van der Waals surface area contributed by atoms with Crippen LogP contribution in [0.2, 0.25) is 2.82 Å². The van der Waals surface area contributed by atoms with Gasteiger partial charge in [0.05, 0.1) is 7.12 Å². The molecule has 110 valence electrons. The lowest BCUT2D eigenvalue weighted by atomic mass is 10.1. The molecule has 0 unspecified atom stereocenters. The van der Waals surface area contributed by atoms with Crippen molar-refractivity contribution < 1.29 is 23.6 Å². The first-order chi connectivity index (χ1) is 13.8. The van der Waals surface area contributed by atoms with Gasteiger partial charge in [0.25, 0.3) is 0 Å². The van der Waals surface area contributed by atoms with Crippen LogP contribution in [0.15, 0.2) is 24.4 Å². The number of benzene rings is 1. The number of rotatable bonds is 6. The molecule has 0 bridgehead atoms. The fraction of sp³-hybridized carbons (Fsp3) is 0.429. The summed E-state index contributed by atoms with van der Waals surface area (Å²) < 4.78 is 109. The van der Waals surface area contributed by atoms with Gasteiger partial charge in [-0.2, -0.15) is 0 Å². The van der Waals surface area contributed by atoms with Crippen LogP contribution in [0.25, 0.3) is 10.9 Å². The van der Waals surface area contributed by atoms with Crippen molar-refractivity contribution in [1.29, 1.82) is 0 Å². The number of nitrogens with one attached hydrogen (secondary N) is 2. The Morgan fingerprint density at radius 2 is 2.40 bits per heavy atom. The average molecular weight is 306 g/mol. The summed E-state index contributed by atoms with van der Waals surface area (Å²) in [7, 11) is -2.95. The molecule has 20 heavy (non-hydrogen) atoms. The van der Waals surface area contributed by atoms with E-state index in [4.69, 9.17) is 15.2 Å². The number of aromatic amines is 1. The number of likely N-dealkylation sites (N-methyl/N-ethyl adjacent to an activating group) is 1. The van der Waals surface area contributed by atoms with Gasteiger partial charge in [-0.25, -0.2) is 13.1 Å². The summed E-state index contributed by atoms with van der Waals surface area (Å²) in [5.41, 5.74) is -0.231. The number of H-pyrrole nitrogens is 1. The van der Waals surface area contributed by atoms with Crippen LogP contribution in [-0.2, 0) is 22.1 Å². The smallest absolute Gasteiger partial charge is 0.215 e. The third-order valence-corrected chi connectivity index (χ3v) is 3.91. The first-order valence-electron chi connectivity index (χ1n) is 11.1. The largest absolute Gasteiger partial charge is 0.361 e. The van der Waals surface area contributed by atoms with E-state index in [1.54, 1.807) is 0 Å². The van der Waals surface area contributed by atoms with E-state index in [9.17, 15) is 8.42 Å². The molecule has 0 saturated carbocycles. The van der Waals surface area contributed by atoms with Crippen molar-refractivity contribution in [3.63, 3.8) is 0 Å². The van der Waals surface area contributed by atoms with E-state index in [2.05, 4.69) is 0 Å². The lowest BCUT2D eigenvalue weighted by Gasteiger charge is -2.08. The molecule has 0 aliphatic heterocycles. The monoisotopic (exact) mass is 306 g/mol. The summed E-state index contributed by atoms with van der Waals surface area (Å²) >= 11 is 0. The van der Waals surface area contributed by atoms with Crippen LogP contribution in [0.3, 0.4) is 0 Å². The summed E-state index contributed by atoms with van der Waals surface area (Å²) in [6, 6.07) is 3.89. The van der Waals surface area contributed by atoms with Crippen molar-refractivity contribution in [2.24, 2.45) is 0 Å². The normalized spacial score (nSPS) is 22.6. The van der Waals surface area contributed by atoms with Gasteiger partial charge in [-0.15, -0.1) is 0 Å². The zero-order valence-corrected chi connectivity index (χ0v) is 11.5. The van der Waals surface area contributed by atoms with E-state index < -0.39 is 54.4 Å². The van der Waals surface area contributed by atoms with E-state index in [0.29, 0.717) is 4.98 Å². The second-order valence-corrected chi connectivity index (χ2v) is 5.94. The van der Waals surface area contributed by atoms with Crippen molar-refractivity contribution in [3.8, 4) is 0 Å². The molecule has 2 N–H and O–H groups in total. The average Bonchev–Trinajstić information content (AvgIpc) is 2.81. The van der Waals surface area contributed by atoms with Crippen molar-refractivity contribution in [2.45, 2.75) is 12.1 Å². The maximum Gasteiger partial charge on any atom is 0.215 e. The van der Waals surface area contributed by atoms with Crippen molar-refractivity contribution in [2.75, 3.05) is 27.5 Å². The van der Waals surface area contributed by atoms with Crippen LogP contribution in [0.1, 0.15) is 23.5 Å². The Hall–Kier alpha value is -1.37. The maximum atomic E-state index is 12.0. The van der Waals surface area contributed by atoms with Gasteiger partial charge in [0.15, 0.2) is 1.41 Å². The first-order valence-corrected chi connectivity index (χ1v) is 7.27. The number of nitrogens with zero attached hydrogens (tertiary/aromatic N) is 1. The van der Waals surface area contributed by atoms with Gasteiger partial charge in [0.2, 0.25) is 10.0 Å². The highest BCUT2D eigenvalue weighted by atomic mass is 32.2. The molecule has 2 rings (SSSR count). The zero-order chi connectivity index (χ0) is 24.2. The first kappa shape index (κ1) is 6.17. The van der Waals surface area contributed by atoms with Gasteiger partial charge in [-0.3, -0.25) is 0 Å². The molecule has 0 fully saturated rings. The molecular formula is C14H21N3O2S. The van der Waals surface area contributed by atoms with Gasteiger partial charge >= 0.3 is 0 Å². The second-order valence-electron chi connectivity index (χ2n) is 4.12. The van der Waals surface area contributed by atoms with Gasteiger partial charge in [-0.1, -0.05) is 6.07 Å². The standard InChI is InChI=1S/C14H21N3O2S/c1-15-20(18,19)10-11-4-5-14-13(8-11)12(9-16-14)6-7-17(2)3/h4-5,8-9,15-16H,6-7,10H2,1-3H3/i2D3,3D3,6D2,9D/hD2. The number of sulfonamides is 1. The van der Waals surface area contributed by atoms with E-state index in [1.165, 1.54) is 18.2 Å². The third-order valence-electron chi connectivity index (χ3n) is 2.66. The minimum absolute atomic E-state index is 0.0237. The minimum Gasteiger partial charge on any atom is -0.361 e. The highest BCUT2D eigenvalue weighted by molar-refractivity contribution is 7.88. The quantitative estimate of drug-likeness (QED) is 0.846.